The summed E-state index contributed by atoms with van der Waals surface area (Å²) in [7, 11) is 0. The summed E-state index contributed by atoms with van der Waals surface area (Å²) in [4.78, 5) is 25.0. The van der Waals surface area contributed by atoms with Crippen molar-refractivity contribution in [3.05, 3.63) is 51.8 Å². The van der Waals surface area contributed by atoms with Gasteiger partial charge in [0.25, 0.3) is 5.91 Å². The smallest absolute Gasteiger partial charge is 0.272 e. The molecule has 1 amide bonds. The van der Waals surface area contributed by atoms with Gasteiger partial charge in [-0.1, -0.05) is 23.2 Å². The second-order valence-corrected chi connectivity index (χ2v) is 4.45. The van der Waals surface area contributed by atoms with Gasteiger partial charge in [-0.15, -0.1) is 0 Å². The van der Waals surface area contributed by atoms with Gasteiger partial charge in [0, 0.05) is 27.5 Å². The number of anilines is 1. The summed E-state index contributed by atoms with van der Waals surface area (Å²) in [6.07, 6.45) is 2.11. The summed E-state index contributed by atoms with van der Waals surface area (Å²) >= 11 is 11.6. The Kier molecular flexibility index (Phi) is 3.69. The molecule has 1 aromatic heterocycles. The fourth-order valence-electron chi connectivity index (χ4n) is 1.43. The van der Waals surface area contributed by atoms with Crippen molar-refractivity contribution >= 4 is 41.1 Å². The molecule has 1 heterocycles. The molecule has 0 bridgehead atoms. The Morgan fingerprint density at radius 3 is 2.39 bits per heavy atom. The number of benzene rings is 1. The predicted molar refractivity (Wildman–Crippen MR) is 70.6 cm³/mol. The molecule has 0 unspecified atom stereocenters. The van der Waals surface area contributed by atoms with Crippen LogP contribution in [-0.4, -0.2) is 17.2 Å². The van der Waals surface area contributed by atoms with Crippen LogP contribution in [0.15, 0.2) is 30.5 Å². The van der Waals surface area contributed by atoms with Gasteiger partial charge < -0.3 is 10.3 Å². The number of H-pyrrole nitrogens is 1. The van der Waals surface area contributed by atoms with Crippen molar-refractivity contribution in [2.24, 2.45) is 0 Å². The monoisotopic (exact) mass is 282 g/mol. The van der Waals surface area contributed by atoms with Crippen LogP contribution < -0.4 is 5.32 Å². The molecule has 0 aliphatic heterocycles. The zero-order valence-corrected chi connectivity index (χ0v) is 10.5. The van der Waals surface area contributed by atoms with Crippen molar-refractivity contribution in [3.8, 4) is 0 Å². The molecule has 1 aromatic carbocycles. The molecule has 2 N–H and O–H groups in total. The van der Waals surface area contributed by atoms with E-state index in [1.54, 1.807) is 18.2 Å². The first-order chi connectivity index (χ1) is 8.58. The van der Waals surface area contributed by atoms with Gasteiger partial charge in [0.05, 0.1) is 0 Å². The van der Waals surface area contributed by atoms with Crippen molar-refractivity contribution in [3.63, 3.8) is 0 Å². The summed E-state index contributed by atoms with van der Waals surface area (Å²) in [5, 5.41) is 3.48. The molecule has 92 valence electrons. The van der Waals surface area contributed by atoms with E-state index in [0.717, 1.165) is 0 Å². The third-order valence-electron chi connectivity index (χ3n) is 2.21. The van der Waals surface area contributed by atoms with E-state index in [4.69, 9.17) is 23.2 Å². The van der Waals surface area contributed by atoms with E-state index in [1.165, 1.54) is 12.3 Å². The van der Waals surface area contributed by atoms with Crippen molar-refractivity contribution < 1.29 is 9.59 Å². The van der Waals surface area contributed by atoms with Crippen LogP contribution >= 0.6 is 23.2 Å². The highest BCUT2D eigenvalue weighted by molar-refractivity contribution is 6.35. The number of nitrogens with one attached hydrogen (secondary N) is 2. The van der Waals surface area contributed by atoms with Crippen LogP contribution in [-0.2, 0) is 0 Å². The second kappa shape index (κ2) is 5.25. The SMILES string of the molecule is O=Cc1c[nH]c(C(=O)Nc2cc(Cl)cc(Cl)c2)c1. The zero-order valence-electron chi connectivity index (χ0n) is 9.04. The number of aldehydes is 1. The predicted octanol–water partition coefficient (Wildman–Crippen LogP) is 3.39. The summed E-state index contributed by atoms with van der Waals surface area (Å²) < 4.78 is 0. The quantitative estimate of drug-likeness (QED) is 0.848. The first kappa shape index (κ1) is 12.7. The number of carbonyl (C=O) groups excluding carboxylic acids is 2. The topological polar surface area (TPSA) is 62.0 Å². The zero-order chi connectivity index (χ0) is 13.1. The van der Waals surface area contributed by atoms with E-state index in [-0.39, 0.29) is 11.6 Å². The second-order valence-electron chi connectivity index (χ2n) is 3.58. The summed E-state index contributed by atoms with van der Waals surface area (Å²) in [6.45, 7) is 0. The molecule has 2 rings (SSSR count). The number of aromatic amines is 1. The maximum Gasteiger partial charge on any atom is 0.272 e. The van der Waals surface area contributed by atoms with Gasteiger partial charge in [0.15, 0.2) is 6.29 Å². The van der Waals surface area contributed by atoms with Gasteiger partial charge in [0.1, 0.15) is 5.69 Å². The fourth-order valence-corrected chi connectivity index (χ4v) is 1.96. The van der Waals surface area contributed by atoms with E-state index in [1.807, 2.05) is 0 Å². The van der Waals surface area contributed by atoms with Crippen molar-refractivity contribution in [2.75, 3.05) is 5.32 Å². The van der Waals surface area contributed by atoms with Crippen molar-refractivity contribution in [1.82, 2.24) is 4.98 Å². The molecule has 0 saturated carbocycles. The first-order valence-electron chi connectivity index (χ1n) is 4.99. The van der Waals surface area contributed by atoms with E-state index >= 15 is 0 Å². The number of amides is 1. The highest BCUT2D eigenvalue weighted by Crippen LogP contribution is 2.22. The molecule has 0 radical (unpaired) electrons. The minimum absolute atomic E-state index is 0.285. The lowest BCUT2D eigenvalue weighted by Crippen LogP contribution is -2.12. The maximum absolute atomic E-state index is 11.8. The van der Waals surface area contributed by atoms with Crippen LogP contribution in [0.4, 0.5) is 5.69 Å². The lowest BCUT2D eigenvalue weighted by atomic mass is 10.3. The van der Waals surface area contributed by atoms with E-state index in [9.17, 15) is 9.59 Å². The van der Waals surface area contributed by atoms with E-state index in [2.05, 4.69) is 10.3 Å². The van der Waals surface area contributed by atoms with E-state index < -0.39 is 0 Å². The highest BCUT2D eigenvalue weighted by atomic mass is 35.5. The number of halogens is 2. The summed E-state index contributed by atoms with van der Waals surface area (Å²) in [5.74, 6) is -0.374. The molecular formula is C12H8Cl2N2O2. The Labute approximate surface area is 113 Å². The van der Waals surface area contributed by atoms with Gasteiger partial charge in [-0.05, 0) is 24.3 Å². The van der Waals surface area contributed by atoms with Crippen LogP contribution in [0, 0.1) is 0 Å². The Morgan fingerprint density at radius 2 is 1.83 bits per heavy atom. The third-order valence-corrected chi connectivity index (χ3v) is 2.64. The Bertz CT molecular complexity index is 588. The number of hydrogen-bond acceptors (Lipinski definition) is 2. The number of carbonyl (C=O) groups is 2. The van der Waals surface area contributed by atoms with Crippen molar-refractivity contribution in [2.45, 2.75) is 0 Å². The average Bonchev–Trinajstić information content (AvgIpc) is 2.75. The molecule has 0 atom stereocenters. The Balaban J connectivity index is 2.18. The Hall–Kier alpha value is -1.78. The van der Waals surface area contributed by atoms with Crippen LogP contribution in [0.1, 0.15) is 20.8 Å². The summed E-state index contributed by atoms with van der Waals surface area (Å²) in [5.41, 5.74) is 1.18. The molecule has 2 aromatic rings. The van der Waals surface area contributed by atoms with Crippen LogP contribution in [0.3, 0.4) is 0 Å². The minimum atomic E-state index is -0.374. The molecular weight excluding hydrogens is 275 g/mol. The van der Waals surface area contributed by atoms with Crippen LogP contribution in [0.2, 0.25) is 10.0 Å². The fraction of sp³-hybridized carbons (Fsp3) is 0. The molecule has 0 aliphatic rings. The number of rotatable bonds is 3. The molecule has 0 saturated heterocycles. The molecule has 6 heteroatoms. The largest absolute Gasteiger partial charge is 0.356 e. The first-order valence-corrected chi connectivity index (χ1v) is 5.75. The Morgan fingerprint density at radius 1 is 1.17 bits per heavy atom. The van der Waals surface area contributed by atoms with Crippen molar-refractivity contribution in [1.29, 1.82) is 0 Å². The van der Waals surface area contributed by atoms with Gasteiger partial charge in [-0.25, -0.2) is 0 Å². The third kappa shape index (κ3) is 2.91. The molecule has 0 fully saturated rings. The summed E-state index contributed by atoms with van der Waals surface area (Å²) in [6, 6.07) is 6.18. The van der Waals surface area contributed by atoms with E-state index in [0.29, 0.717) is 27.6 Å². The van der Waals surface area contributed by atoms with Crippen LogP contribution in [0.5, 0.6) is 0 Å². The van der Waals surface area contributed by atoms with Crippen LogP contribution in [0.25, 0.3) is 0 Å². The lowest BCUT2D eigenvalue weighted by Gasteiger charge is -2.04. The molecule has 0 spiro atoms. The number of aromatic nitrogens is 1. The average molecular weight is 283 g/mol. The minimum Gasteiger partial charge on any atom is -0.356 e. The maximum atomic E-state index is 11.8. The number of hydrogen-bond donors (Lipinski definition) is 2. The van der Waals surface area contributed by atoms with Gasteiger partial charge in [-0.3, -0.25) is 9.59 Å². The van der Waals surface area contributed by atoms with Gasteiger partial charge >= 0.3 is 0 Å². The lowest BCUT2D eigenvalue weighted by molar-refractivity contribution is 0.102. The normalized spacial score (nSPS) is 10.1. The van der Waals surface area contributed by atoms with Gasteiger partial charge in [0.2, 0.25) is 0 Å². The highest BCUT2D eigenvalue weighted by Gasteiger charge is 2.09. The molecule has 0 aliphatic carbocycles. The molecule has 18 heavy (non-hydrogen) atoms. The molecule has 4 nitrogen and oxygen atoms in total. The van der Waals surface area contributed by atoms with Gasteiger partial charge in [-0.2, -0.15) is 0 Å². The standard InChI is InChI=1S/C12H8Cl2N2O2/c13-8-2-9(14)4-10(3-8)16-12(18)11-1-7(6-17)5-15-11/h1-6,15H,(H,16,18).